The third-order valence-corrected chi connectivity index (χ3v) is 8.99. The topological polar surface area (TPSA) is 64.2 Å². The van der Waals surface area contributed by atoms with Crippen LogP contribution in [0.2, 0.25) is 0 Å². The van der Waals surface area contributed by atoms with Gasteiger partial charge in [0, 0.05) is 64.3 Å². The van der Waals surface area contributed by atoms with Crippen molar-refractivity contribution >= 4 is 29.0 Å². The summed E-state index contributed by atoms with van der Waals surface area (Å²) in [7, 11) is 3.61. The first-order chi connectivity index (χ1) is 18.0. The monoisotopic (exact) mass is 526 g/mol. The SMILES string of the molecule is CN(C)C(=O)N[C@H]1CC[C@H](CCN2CCN(c3cc(-c4cccs4)cc(N4CCOCC4)n3)CC2)CC1. The van der Waals surface area contributed by atoms with Gasteiger partial charge in [0.15, 0.2) is 0 Å². The first kappa shape index (κ1) is 26.3. The van der Waals surface area contributed by atoms with Crippen molar-refractivity contribution in [3.05, 3.63) is 29.6 Å². The van der Waals surface area contributed by atoms with Crippen molar-refractivity contribution < 1.29 is 9.53 Å². The molecular weight excluding hydrogens is 484 g/mol. The van der Waals surface area contributed by atoms with E-state index < -0.39 is 0 Å². The van der Waals surface area contributed by atoms with Gasteiger partial charge >= 0.3 is 6.03 Å². The molecule has 2 aromatic heterocycles. The standard InChI is InChI=1S/C28H42N6O2S/c1-31(2)28(35)29-24-7-5-22(6-8-24)9-10-32-11-13-33(14-12-32)26-20-23(25-4-3-19-37-25)21-27(30-26)34-15-17-36-18-16-34/h3-4,19-22,24H,5-18H2,1-2H3,(H,29,35)/t22-,24-. The van der Waals surface area contributed by atoms with E-state index in [9.17, 15) is 4.79 Å². The molecule has 2 aliphatic heterocycles. The zero-order chi connectivity index (χ0) is 25.6. The molecule has 2 aromatic rings. The summed E-state index contributed by atoms with van der Waals surface area (Å²) in [6.07, 6.45) is 5.93. The number of anilines is 2. The molecular formula is C28H42N6O2S. The molecule has 1 aliphatic carbocycles. The van der Waals surface area contributed by atoms with Gasteiger partial charge in [-0.15, -0.1) is 11.3 Å². The molecule has 0 aromatic carbocycles. The number of amides is 2. The van der Waals surface area contributed by atoms with E-state index >= 15 is 0 Å². The van der Waals surface area contributed by atoms with Crippen LogP contribution >= 0.6 is 11.3 Å². The number of hydrogen-bond acceptors (Lipinski definition) is 7. The summed E-state index contributed by atoms with van der Waals surface area (Å²) in [5.41, 5.74) is 1.27. The molecule has 0 unspecified atom stereocenters. The third kappa shape index (κ3) is 6.94. The van der Waals surface area contributed by atoms with Crippen LogP contribution in [0.25, 0.3) is 10.4 Å². The van der Waals surface area contributed by atoms with Gasteiger partial charge in [0.1, 0.15) is 11.6 Å². The van der Waals surface area contributed by atoms with Gasteiger partial charge < -0.3 is 24.8 Å². The molecule has 0 spiro atoms. The Morgan fingerprint density at radius 1 is 1.03 bits per heavy atom. The molecule has 8 nitrogen and oxygen atoms in total. The highest BCUT2D eigenvalue weighted by Gasteiger charge is 2.25. The molecule has 0 radical (unpaired) electrons. The molecule has 1 saturated carbocycles. The summed E-state index contributed by atoms with van der Waals surface area (Å²) in [6.45, 7) is 8.74. The number of rotatable bonds is 7. The fourth-order valence-corrected chi connectivity index (χ4v) is 6.38. The van der Waals surface area contributed by atoms with Gasteiger partial charge in [0.05, 0.1) is 13.2 Å². The second-order valence-corrected chi connectivity index (χ2v) is 11.8. The van der Waals surface area contributed by atoms with E-state index in [1.54, 1.807) is 30.3 Å². The van der Waals surface area contributed by atoms with Crippen LogP contribution in [0.3, 0.4) is 0 Å². The van der Waals surface area contributed by atoms with Crippen molar-refractivity contribution in [2.24, 2.45) is 5.92 Å². The van der Waals surface area contributed by atoms with Gasteiger partial charge in [-0.05, 0) is 73.7 Å². The van der Waals surface area contributed by atoms with Crippen LogP contribution in [0.1, 0.15) is 32.1 Å². The highest BCUT2D eigenvalue weighted by Crippen LogP contribution is 2.32. The number of nitrogens with zero attached hydrogens (tertiary/aromatic N) is 5. The lowest BCUT2D eigenvalue weighted by Gasteiger charge is -2.37. The Bertz CT molecular complexity index is 994. The Hall–Kier alpha value is -2.36. The summed E-state index contributed by atoms with van der Waals surface area (Å²) in [5.74, 6) is 2.96. The Balaban J connectivity index is 1.13. The number of urea groups is 1. The molecule has 2 saturated heterocycles. The molecule has 2 amide bonds. The predicted octanol–water partition coefficient (Wildman–Crippen LogP) is 3.99. The van der Waals surface area contributed by atoms with Gasteiger partial charge in [-0.1, -0.05) is 6.07 Å². The molecule has 5 rings (SSSR count). The van der Waals surface area contributed by atoms with Gasteiger partial charge in [-0.25, -0.2) is 9.78 Å². The quantitative estimate of drug-likeness (QED) is 0.589. The van der Waals surface area contributed by atoms with Crippen LogP contribution in [0.15, 0.2) is 29.6 Å². The van der Waals surface area contributed by atoms with Gasteiger partial charge in [-0.3, -0.25) is 4.90 Å². The number of thiophene rings is 1. The number of pyridine rings is 1. The largest absolute Gasteiger partial charge is 0.378 e. The van der Waals surface area contributed by atoms with Crippen LogP contribution in [0.5, 0.6) is 0 Å². The first-order valence-electron chi connectivity index (χ1n) is 13.9. The van der Waals surface area contributed by atoms with E-state index in [1.807, 2.05) is 0 Å². The third-order valence-electron chi connectivity index (χ3n) is 8.07. The minimum atomic E-state index is 0.0359. The fraction of sp³-hybridized carbons (Fsp3) is 0.643. The van der Waals surface area contributed by atoms with Crippen LogP contribution in [0.4, 0.5) is 16.4 Å². The first-order valence-corrected chi connectivity index (χ1v) is 14.8. The van der Waals surface area contributed by atoms with Gasteiger partial charge in [-0.2, -0.15) is 0 Å². The summed E-state index contributed by atoms with van der Waals surface area (Å²) < 4.78 is 5.58. The zero-order valence-corrected chi connectivity index (χ0v) is 23.2. The maximum atomic E-state index is 11.9. The van der Waals surface area contributed by atoms with Gasteiger partial charge in [0.2, 0.25) is 0 Å². The number of hydrogen-bond donors (Lipinski definition) is 1. The van der Waals surface area contributed by atoms with E-state index in [-0.39, 0.29) is 6.03 Å². The lowest BCUT2D eigenvalue weighted by molar-refractivity contribution is 0.122. The number of nitrogens with one attached hydrogen (secondary N) is 1. The Morgan fingerprint density at radius 3 is 2.32 bits per heavy atom. The summed E-state index contributed by atoms with van der Waals surface area (Å²) in [4.78, 5) is 27.4. The number of piperazine rings is 1. The van der Waals surface area contributed by atoms with E-state index in [1.165, 1.54) is 36.2 Å². The zero-order valence-electron chi connectivity index (χ0n) is 22.4. The molecule has 37 heavy (non-hydrogen) atoms. The molecule has 1 N–H and O–H groups in total. The van der Waals surface area contributed by atoms with Crippen LogP contribution < -0.4 is 15.1 Å². The lowest BCUT2D eigenvalue weighted by atomic mass is 9.84. The minimum absolute atomic E-state index is 0.0359. The fourth-order valence-electron chi connectivity index (χ4n) is 5.67. The highest BCUT2D eigenvalue weighted by molar-refractivity contribution is 7.13. The van der Waals surface area contributed by atoms with Crippen LogP contribution in [-0.4, -0.2) is 100.0 Å². The normalized spacial score (nSPS) is 23.2. The predicted molar refractivity (Wildman–Crippen MR) is 152 cm³/mol. The van der Waals surface area contributed by atoms with Crippen LogP contribution in [0, 0.1) is 5.92 Å². The number of aromatic nitrogens is 1. The lowest BCUT2D eigenvalue weighted by Crippen LogP contribution is -2.47. The maximum Gasteiger partial charge on any atom is 0.317 e. The second kappa shape index (κ2) is 12.5. The number of morpholine rings is 1. The van der Waals surface area contributed by atoms with E-state index in [0.29, 0.717) is 6.04 Å². The van der Waals surface area contributed by atoms with Crippen molar-refractivity contribution in [3.8, 4) is 10.4 Å². The molecule has 0 atom stereocenters. The molecule has 202 valence electrons. The molecule has 4 heterocycles. The van der Waals surface area contributed by atoms with E-state index in [2.05, 4.69) is 49.7 Å². The molecule has 3 fully saturated rings. The summed E-state index contributed by atoms with van der Waals surface area (Å²) >= 11 is 1.79. The van der Waals surface area contributed by atoms with Crippen molar-refractivity contribution in [2.75, 3.05) is 82.9 Å². The van der Waals surface area contributed by atoms with E-state index in [0.717, 1.165) is 82.9 Å². The van der Waals surface area contributed by atoms with Gasteiger partial charge in [0.25, 0.3) is 0 Å². The average molecular weight is 527 g/mol. The van der Waals surface area contributed by atoms with Crippen molar-refractivity contribution in [1.82, 2.24) is 20.1 Å². The number of carbonyl (C=O) groups excluding carboxylic acids is 1. The maximum absolute atomic E-state index is 11.9. The average Bonchev–Trinajstić information content (AvgIpc) is 3.48. The van der Waals surface area contributed by atoms with Crippen LogP contribution in [-0.2, 0) is 4.74 Å². The summed E-state index contributed by atoms with van der Waals surface area (Å²) in [5, 5.41) is 5.31. The number of ether oxygens (including phenoxy) is 1. The molecule has 9 heteroatoms. The molecule has 3 aliphatic rings. The highest BCUT2D eigenvalue weighted by atomic mass is 32.1. The molecule has 0 bridgehead atoms. The Kier molecular flexibility index (Phi) is 8.84. The van der Waals surface area contributed by atoms with Crippen molar-refractivity contribution in [1.29, 1.82) is 0 Å². The van der Waals surface area contributed by atoms with Crippen molar-refractivity contribution in [2.45, 2.75) is 38.1 Å². The Morgan fingerprint density at radius 2 is 1.70 bits per heavy atom. The van der Waals surface area contributed by atoms with E-state index in [4.69, 9.17) is 9.72 Å². The minimum Gasteiger partial charge on any atom is -0.378 e. The smallest absolute Gasteiger partial charge is 0.317 e. The number of carbonyl (C=O) groups is 1. The van der Waals surface area contributed by atoms with Crippen molar-refractivity contribution in [3.63, 3.8) is 0 Å². The summed E-state index contributed by atoms with van der Waals surface area (Å²) in [6, 6.07) is 9.23. The Labute approximate surface area is 225 Å². The second-order valence-electron chi connectivity index (χ2n) is 10.8.